The largest absolute Gasteiger partial charge is 0.464 e. The lowest BCUT2D eigenvalue weighted by Gasteiger charge is -2.38. The minimum atomic E-state index is -0.342. The summed E-state index contributed by atoms with van der Waals surface area (Å²) in [6, 6.07) is 19.7. The average Bonchev–Trinajstić information content (AvgIpc) is 3.50. The molecule has 0 aliphatic carbocycles. The number of hydrogen-bond donors (Lipinski definition) is 1. The maximum Gasteiger partial charge on any atom is 0.328 e. The molecule has 1 aromatic heterocycles. The van der Waals surface area contributed by atoms with Crippen molar-refractivity contribution in [1.29, 1.82) is 0 Å². The fourth-order valence-corrected chi connectivity index (χ4v) is 5.25. The van der Waals surface area contributed by atoms with Gasteiger partial charge in [0.2, 0.25) is 0 Å². The molecule has 1 saturated heterocycles. The van der Waals surface area contributed by atoms with Gasteiger partial charge in [0, 0.05) is 30.5 Å². The zero-order valence-electron chi connectivity index (χ0n) is 23.4. The normalized spacial score (nSPS) is 15.1. The number of likely N-dealkylation sites (tertiary alicyclic amines) is 1. The summed E-state index contributed by atoms with van der Waals surface area (Å²) in [4.78, 5) is 30.1. The van der Waals surface area contributed by atoms with E-state index >= 15 is 0 Å². The van der Waals surface area contributed by atoms with Gasteiger partial charge in [-0.15, -0.1) is 0 Å². The van der Waals surface area contributed by atoms with Gasteiger partial charge in [-0.05, 0) is 88.4 Å². The third-order valence-corrected chi connectivity index (χ3v) is 7.43. The van der Waals surface area contributed by atoms with Crippen molar-refractivity contribution in [3.63, 3.8) is 0 Å². The number of amides is 1. The summed E-state index contributed by atoms with van der Waals surface area (Å²) >= 11 is 0. The molecular formula is C32H41N3O4. The quantitative estimate of drug-likeness (QED) is 0.285. The zero-order valence-corrected chi connectivity index (χ0v) is 23.4. The molecule has 39 heavy (non-hydrogen) atoms. The molecule has 0 bridgehead atoms. The van der Waals surface area contributed by atoms with Crippen LogP contribution in [0.15, 0.2) is 71.3 Å². The molecule has 1 aliphatic heterocycles. The molecule has 1 fully saturated rings. The first-order valence-corrected chi connectivity index (χ1v) is 14.2. The van der Waals surface area contributed by atoms with E-state index in [2.05, 4.69) is 35.3 Å². The van der Waals surface area contributed by atoms with Crippen LogP contribution in [-0.2, 0) is 16.0 Å². The third kappa shape index (κ3) is 7.51. The molecular weight excluding hydrogens is 490 g/mol. The van der Waals surface area contributed by atoms with Gasteiger partial charge in [0.25, 0.3) is 5.91 Å². The molecule has 1 atom stereocenters. The van der Waals surface area contributed by atoms with Gasteiger partial charge in [0.15, 0.2) is 5.76 Å². The number of ether oxygens (including phenoxy) is 1. The fraction of sp³-hybridized carbons (Fsp3) is 0.438. The second-order valence-corrected chi connectivity index (χ2v) is 10.2. The molecule has 4 rings (SSSR count). The number of aryl methyl sites for hydroxylation is 2. The SMILES string of the molecule is CCOC(=O)C(CC)Nc1ccccc1CCCN1CCC(N(C(=O)c2ccco2)c2ccc(C)cc2)CC1. The van der Waals surface area contributed by atoms with Crippen LogP contribution in [0.2, 0.25) is 0 Å². The Morgan fingerprint density at radius 2 is 1.79 bits per heavy atom. The first-order chi connectivity index (χ1) is 19.0. The molecule has 1 amide bonds. The Hall–Kier alpha value is -3.58. The predicted octanol–water partition coefficient (Wildman–Crippen LogP) is 6.09. The molecule has 3 aromatic rings. The number of para-hydroxylation sites is 1. The molecule has 0 radical (unpaired) electrons. The number of carbonyl (C=O) groups is 2. The van der Waals surface area contributed by atoms with Crippen molar-refractivity contribution in [3.8, 4) is 0 Å². The van der Waals surface area contributed by atoms with Crippen molar-refractivity contribution in [3.05, 3.63) is 83.8 Å². The van der Waals surface area contributed by atoms with Crippen molar-refractivity contribution in [2.45, 2.75) is 65.0 Å². The van der Waals surface area contributed by atoms with E-state index in [-0.39, 0.29) is 24.0 Å². The molecule has 0 spiro atoms. The summed E-state index contributed by atoms with van der Waals surface area (Å²) in [7, 11) is 0. The van der Waals surface area contributed by atoms with E-state index in [4.69, 9.17) is 9.15 Å². The number of carbonyl (C=O) groups excluding carboxylic acids is 2. The smallest absolute Gasteiger partial charge is 0.328 e. The van der Waals surface area contributed by atoms with Crippen LogP contribution in [0.4, 0.5) is 11.4 Å². The van der Waals surface area contributed by atoms with E-state index in [0.29, 0.717) is 18.8 Å². The van der Waals surface area contributed by atoms with Gasteiger partial charge in [-0.3, -0.25) is 4.79 Å². The highest BCUT2D eigenvalue weighted by Crippen LogP contribution is 2.27. The highest BCUT2D eigenvalue weighted by molar-refractivity contribution is 6.04. The van der Waals surface area contributed by atoms with Gasteiger partial charge in [-0.1, -0.05) is 42.8 Å². The summed E-state index contributed by atoms with van der Waals surface area (Å²) in [6.07, 6.45) is 5.99. The lowest BCUT2D eigenvalue weighted by atomic mass is 10.0. The number of rotatable bonds is 12. The van der Waals surface area contributed by atoms with E-state index in [1.54, 1.807) is 18.4 Å². The van der Waals surface area contributed by atoms with E-state index in [9.17, 15) is 9.59 Å². The molecule has 7 heteroatoms. The van der Waals surface area contributed by atoms with Crippen molar-refractivity contribution >= 4 is 23.3 Å². The number of nitrogens with one attached hydrogen (secondary N) is 1. The summed E-state index contributed by atoms with van der Waals surface area (Å²) in [5, 5.41) is 3.40. The number of esters is 1. The first kappa shape index (κ1) is 28.4. The second kappa shape index (κ2) is 14.0. The van der Waals surface area contributed by atoms with Gasteiger partial charge in [-0.2, -0.15) is 0 Å². The van der Waals surface area contributed by atoms with Gasteiger partial charge < -0.3 is 24.3 Å². The molecule has 1 N–H and O–H groups in total. The van der Waals surface area contributed by atoms with Gasteiger partial charge >= 0.3 is 5.97 Å². The van der Waals surface area contributed by atoms with Crippen LogP contribution in [0, 0.1) is 6.92 Å². The Kier molecular flexibility index (Phi) is 10.2. The van der Waals surface area contributed by atoms with Crippen LogP contribution in [0.25, 0.3) is 0 Å². The Balaban J connectivity index is 1.33. The molecule has 1 unspecified atom stereocenters. The van der Waals surface area contributed by atoms with Crippen molar-refractivity contribution < 1.29 is 18.7 Å². The predicted molar refractivity (Wildman–Crippen MR) is 155 cm³/mol. The van der Waals surface area contributed by atoms with Crippen molar-refractivity contribution in [2.75, 3.05) is 36.5 Å². The van der Waals surface area contributed by atoms with Crippen molar-refractivity contribution in [2.24, 2.45) is 0 Å². The van der Waals surface area contributed by atoms with Crippen LogP contribution >= 0.6 is 0 Å². The number of piperidine rings is 1. The Labute approximate surface area is 232 Å². The maximum absolute atomic E-state index is 13.4. The summed E-state index contributed by atoms with van der Waals surface area (Å²) in [6.45, 7) is 9.14. The third-order valence-electron chi connectivity index (χ3n) is 7.43. The number of anilines is 2. The van der Waals surface area contributed by atoms with Crippen LogP contribution < -0.4 is 10.2 Å². The zero-order chi connectivity index (χ0) is 27.6. The minimum absolute atomic E-state index is 0.0837. The van der Waals surface area contributed by atoms with Crippen LogP contribution in [0.5, 0.6) is 0 Å². The van der Waals surface area contributed by atoms with Gasteiger partial charge in [-0.25, -0.2) is 4.79 Å². The lowest BCUT2D eigenvalue weighted by molar-refractivity contribution is -0.144. The first-order valence-electron chi connectivity index (χ1n) is 14.2. The summed E-state index contributed by atoms with van der Waals surface area (Å²) in [5.41, 5.74) is 4.30. The van der Waals surface area contributed by atoms with Gasteiger partial charge in [0.05, 0.1) is 12.9 Å². The Morgan fingerprint density at radius 3 is 2.46 bits per heavy atom. The van der Waals surface area contributed by atoms with Crippen LogP contribution in [0.3, 0.4) is 0 Å². The molecule has 2 heterocycles. The Morgan fingerprint density at radius 1 is 1.05 bits per heavy atom. The summed E-state index contributed by atoms with van der Waals surface area (Å²) in [5.74, 6) is 0.0843. The maximum atomic E-state index is 13.4. The second-order valence-electron chi connectivity index (χ2n) is 10.2. The number of nitrogens with zero attached hydrogens (tertiary/aromatic N) is 2. The Bertz CT molecular complexity index is 1180. The number of furan rings is 1. The minimum Gasteiger partial charge on any atom is -0.464 e. The lowest BCUT2D eigenvalue weighted by Crippen LogP contribution is -2.47. The van der Waals surface area contributed by atoms with Gasteiger partial charge in [0.1, 0.15) is 6.04 Å². The van der Waals surface area contributed by atoms with Crippen LogP contribution in [-0.4, -0.2) is 55.1 Å². The summed E-state index contributed by atoms with van der Waals surface area (Å²) < 4.78 is 10.7. The average molecular weight is 532 g/mol. The number of benzene rings is 2. The standard InChI is InChI=1S/C32H41N3O4/c1-4-28(32(37)38-5-2)33-29-12-7-6-10-25(29)11-8-20-34-21-18-27(19-22-34)35(26-16-14-24(3)15-17-26)31(36)30-13-9-23-39-30/h6-7,9-10,12-17,23,27-28,33H,4-5,8,11,18-22H2,1-3H3. The fourth-order valence-electron chi connectivity index (χ4n) is 5.25. The molecule has 208 valence electrons. The highest BCUT2D eigenvalue weighted by atomic mass is 16.5. The monoisotopic (exact) mass is 531 g/mol. The van der Waals surface area contributed by atoms with Crippen molar-refractivity contribution in [1.82, 2.24) is 4.90 Å². The van der Waals surface area contributed by atoms with E-state index in [1.807, 2.05) is 49.1 Å². The number of hydrogen-bond acceptors (Lipinski definition) is 6. The van der Waals surface area contributed by atoms with E-state index in [0.717, 1.165) is 56.7 Å². The van der Waals surface area contributed by atoms with Crippen LogP contribution in [0.1, 0.15) is 61.2 Å². The topological polar surface area (TPSA) is 75.0 Å². The van der Waals surface area contributed by atoms with E-state index in [1.165, 1.54) is 11.1 Å². The van der Waals surface area contributed by atoms with E-state index < -0.39 is 0 Å². The molecule has 2 aromatic carbocycles. The molecule has 0 saturated carbocycles. The molecule has 7 nitrogen and oxygen atoms in total. The highest BCUT2D eigenvalue weighted by Gasteiger charge is 2.31. The molecule has 1 aliphatic rings.